The van der Waals surface area contributed by atoms with E-state index in [1.807, 2.05) is 13.0 Å². The van der Waals surface area contributed by atoms with Crippen molar-refractivity contribution in [2.45, 2.75) is 19.4 Å². The average Bonchev–Trinajstić information content (AvgIpc) is 3.00. The zero-order valence-corrected chi connectivity index (χ0v) is 12.7. The zero-order chi connectivity index (χ0) is 14.1. The molecule has 3 N–H and O–H groups in total. The number of hydrogen-bond acceptors (Lipinski definition) is 4. The third-order valence-corrected chi connectivity index (χ3v) is 5.65. The number of hydrogen-bond donors (Lipinski definition) is 2. The van der Waals surface area contributed by atoms with E-state index in [0.717, 1.165) is 11.1 Å². The molecule has 1 atom stereocenters. The highest BCUT2D eigenvalue weighted by Crippen LogP contribution is 2.34. The molecule has 5 heteroatoms. The molecule has 0 saturated heterocycles. The van der Waals surface area contributed by atoms with Crippen LogP contribution in [0.1, 0.15) is 22.0 Å². The molecule has 0 aliphatic carbocycles. The van der Waals surface area contributed by atoms with Crippen LogP contribution < -0.4 is 11.3 Å². The molecule has 0 aliphatic heterocycles. The Bertz CT molecular complexity index is 704. The molecule has 104 valence electrons. The minimum atomic E-state index is -0.200. The molecule has 0 amide bonds. The summed E-state index contributed by atoms with van der Waals surface area (Å²) in [7, 11) is 0. The first kappa shape index (κ1) is 13.7. The van der Waals surface area contributed by atoms with Crippen LogP contribution >= 0.6 is 22.7 Å². The summed E-state index contributed by atoms with van der Waals surface area (Å²) in [5, 5.41) is 2.09. The second-order valence-electron chi connectivity index (χ2n) is 4.79. The number of halogens is 1. The van der Waals surface area contributed by atoms with Crippen molar-refractivity contribution in [1.29, 1.82) is 0 Å². The lowest BCUT2D eigenvalue weighted by atomic mass is 10.0. The molecule has 1 aromatic carbocycles. The maximum absolute atomic E-state index is 13.4. The van der Waals surface area contributed by atoms with Gasteiger partial charge in [-0.25, -0.2) is 4.39 Å². The quantitative estimate of drug-likeness (QED) is 0.561. The van der Waals surface area contributed by atoms with Crippen LogP contribution in [-0.4, -0.2) is 0 Å². The van der Waals surface area contributed by atoms with Crippen LogP contribution in [0.5, 0.6) is 0 Å². The van der Waals surface area contributed by atoms with E-state index in [0.29, 0.717) is 6.42 Å². The Morgan fingerprint density at radius 3 is 2.85 bits per heavy atom. The predicted molar refractivity (Wildman–Crippen MR) is 84.6 cm³/mol. The van der Waals surface area contributed by atoms with Gasteiger partial charge in [-0.1, -0.05) is 6.07 Å². The summed E-state index contributed by atoms with van der Waals surface area (Å²) < 4.78 is 15.9. The van der Waals surface area contributed by atoms with Gasteiger partial charge in [-0.3, -0.25) is 11.3 Å². The monoisotopic (exact) mass is 306 g/mol. The molecule has 3 rings (SSSR count). The number of benzene rings is 1. The van der Waals surface area contributed by atoms with Gasteiger partial charge in [0.15, 0.2) is 0 Å². The maximum atomic E-state index is 13.4. The summed E-state index contributed by atoms with van der Waals surface area (Å²) in [5.74, 6) is 5.50. The van der Waals surface area contributed by atoms with E-state index in [1.165, 1.54) is 20.3 Å². The van der Waals surface area contributed by atoms with Crippen LogP contribution in [0, 0.1) is 12.7 Å². The molecule has 2 aromatic heterocycles. The molecule has 0 aliphatic rings. The lowest BCUT2D eigenvalue weighted by Gasteiger charge is -2.15. The van der Waals surface area contributed by atoms with E-state index in [9.17, 15) is 4.39 Å². The highest BCUT2D eigenvalue weighted by Gasteiger charge is 2.15. The van der Waals surface area contributed by atoms with Gasteiger partial charge in [-0.15, -0.1) is 22.7 Å². The van der Waals surface area contributed by atoms with E-state index in [1.54, 1.807) is 28.7 Å². The van der Waals surface area contributed by atoms with Crippen molar-refractivity contribution in [2.24, 2.45) is 5.84 Å². The predicted octanol–water partition coefficient (Wildman–Crippen LogP) is 4.16. The minimum Gasteiger partial charge on any atom is -0.271 e. The summed E-state index contributed by atoms with van der Waals surface area (Å²) in [5.41, 5.74) is 4.94. The van der Waals surface area contributed by atoms with E-state index >= 15 is 0 Å². The summed E-state index contributed by atoms with van der Waals surface area (Å²) in [6.07, 6.45) is 0.688. The Hall–Kier alpha value is -1.27. The topological polar surface area (TPSA) is 38.0 Å². The third-order valence-electron chi connectivity index (χ3n) is 3.44. The van der Waals surface area contributed by atoms with Crippen LogP contribution in [-0.2, 0) is 6.42 Å². The maximum Gasteiger partial charge on any atom is 0.123 e. The fraction of sp³-hybridized carbons (Fsp3) is 0.200. The zero-order valence-electron chi connectivity index (χ0n) is 11.0. The Labute approximate surface area is 125 Å². The van der Waals surface area contributed by atoms with Gasteiger partial charge in [0.05, 0.1) is 6.04 Å². The van der Waals surface area contributed by atoms with Gasteiger partial charge in [0.2, 0.25) is 0 Å². The average molecular weight is 306 g/mol. The second-order valence-corrected chi connectivity index (χ2v) is 6.86. The van der Waals surface area contributed by atoms with Crippen LogP contribution in [0.25, 0.3) is 9.40 Å². The van der Waals surface area contributed by atoms with E-state index in [4.69, 9.17) is 5.84 Å². The van der Waals surface area contributed by atoms with Crippen molar-refractivity contribution in [2.75, 3.05) is 0 Å². The Kier molecular flexibility index (Phi) is 3.85. The summed E-state index contributed by atoms with van der Waals surface area (Å²) in [6.45, 7) is 2.00. The Morgan fingerprint density at radius 2 is 2.10 bits per heavy atom. The molecule has 2 nitrogen and oxygen atoms in total. The normalized spacial score (nSPS) is 12.9. The third kappa shape index (κ3) is 2.62. The van der Waals surface area contributed by atoms with Crippen molar-refractivity contribution in [3.05, 3.63) is 57.5 Å². The molecule has 20 heavy (non-hydrogen) atoms. The SMILES string of the molecule is Cc1ccc(F)cc1CC(NN)c1cc2sccc2s1. The van der Waals surface area contributed by atoms with Crippen molar-refractivity contribution < 1.29 is 4.39 Å². The summed E-state index contributed by atoms with van der Waals surface area (Å²) in [6, 6.07) is 9.20. The number of thiophene rings is 2. The van der Waals surface area contributed by atoms with E-state index in [-0.39, 0.29) is 11.9 Å². The van der Waals surface area contributed by atoms with E-state index < -0.39 is 0 Å². The first-order chi connectivity index (χ1) is 9.67. The number of hydrazine groups is 1. The van der Waals surface area contributed by atoms with Gasteiger partial charge in [0.25, 0.3) is 0 Å². The second kappa shape index (κ2) is 5.61. The molecule has 0 radical (unpaired) electrons. The molecule has 0 fully saturated rings. The largest absolute Gasteiger partial charge is 0.271 e. The molecule has 0 bridgehead atoms. The molecule has 1 unspecified atom stereocenters. The van der Waals surface area contributed by atoms with Crippen molar-refractivity contribution in [3.8, 4) is 0 Å². The van der Waals surface area contributed by atoms with Crippen molar-refractivity contribution in [3.63, 3.8) is 0 Å². The standard InChI is InChI=1S/C15H15FN2S2/c1-9-2-3-11(16)6-10(9)7-12(18-17)14-8-15-13(20-14)4-5-19-15/h2-6,8,12,18H,7,17H2,1H3. The van der Waals surface area contributed by atoms with E-state index in [2.05, 4.69) is 22.9 Å². The van der Waals surface area contributed by atoms with Gasteiger partial charge in [0, 0.05) is 14.3 Å². The van der Waals surface area contributed by atoms with Crippen LogP contribution in [0.4, 0.5) is 4.39 Å². The number of rotatable bonds is 4. The summed E-state index contributed by atoms with van der Waals surface area (Å²) in [4.78, 5) is 1.19. The number of nitrogens with two attached hydrogens (primary N) is 1. The Morgan fingerprint density at radius 1 is 1.25 bits per heavy atom. The van der Waals surface area contributed by atoms with Crippen molar-refractivity contribution >= 4 is 32.1 Å². The molecule has 0 saturated carbocycles. The minimum absolute atomic E-state index is 0.0140. The lowest BCUT2D eigenvalue weighted by Crippen LogP contribution is -2.29. The fourth-order valence-corrected chi connectivity index (χ4v) is 4.46. The molecule has 3 aromatic rings. The van der Waals surface area contributed by atoms with Gasteiger partial charge in [-0.2, -0.15) is 0 Å². The first-order valence-electron chi connectivity index (χ1n) is 6.35. The molecular weight excluding hydrogens is 291 g/mol. The number of aryl methyl sites for hydroxylation is 1. The molecule has 0 spiro atoms. The smallest absolute Gasteiger partial charge is 0.123 e. The van der Waals surface area contributed by atoms with Crippen LogP contribution in [0.3, 0.4) is 0 Å². The van der Waals surface area contributed by atoms with Gasteiger partial charge in [-0.05, 0) is 54.1 Å². The van der Waals surface area contributed by atoms with Gasteiger partial charge >= 0.3 is 0 Å². The highest BCUT2D eigenvalue weighted by atomic mass is 32.1. The lowest BCUT2D eigenvalue weighted by molar-refractivity contribution is 0.555. The van der Waals surface area contributed by atoms with Gasteiger partial charge in [0.1, 0.15) is 5.82 Å². The van der Waals surface area contributed by atoms with Crippen LogP contribution in [0.15, 0.2) is 35.7 Å². The Balaban J connectivity index is 1.90. The number of fused-ring (bicyclic) bond motifs is 1. The molecular formula is C15H15FN2S2. The van der Waals surface area contributed by atoms with Crippen molar-refractivity contribution in [1.82, 2.24) is 5.43 Å². The fourth-order valence-electron chi connectivity index (χ4n) is 2.28. The van der Waals surface area contributed by atoms with Gasteiger partial charge < -0.3 is 0 Å². The first-order valence-corrected chi connectivity index (χ1v) is 8.05. The number of nitrogens with one attached hydrogen (secondary N) is 1. The molecule has 2 heterocycles. The summed E-state index contributed by atoms with van der Waals surface area (Å²) >= 11 is 3.47. The van der Waals surface area contributed by atoms with Crippen LogP contribution in [0.2, 0.25) is 0 Å². The highest BCUT2D eigenvalue weighted by molar-refractivity contribution is 7.26.